The lowest BCUT2D eigenvalue weighted by Gasteiger charge is -2.09. The second-order valence-corrected chi connectivity index (χ2v) is 4.92. The van der Waals surface area contributed by atoms with Gasteiger partial charge in [-0.3, -0.25) is 10.1 Å². The summed E-state index contributed by atoms with van der Waals surface area (Å²) in [6, 6.07) is 8.43. The van der Waals surface area contributed by atoms with Gasteiger partial charge in [-0.1, -0.05) is 17.7 Å². The average Bonchev–Trinajstić information content (AvgIpc) is 2.48. The number of hydrogen-bond donors (Lipinski definition) is 0. The molecule has 21 heavy (non-hydrogen) atoms. The smallest absolute Gasteiger partial charge is 0.311 e. The molecule has 0 saturated heterocycles. The third-order valence-electron chi connectivity index (χ3n) is 2.77. The number of nitro benzene ring substituents is 1. The Bertz CT molecular complexity index is 679. The van der Waals surface area contributed by atoms with Crippen LogP contribution in [0.25, 0.3) is 0 Å². The van der Waals surface area contributed by atoms with E-state index in [1.54, 1.807) is 6.07 Å². The molecule has 0 heterocycles. The van der Waals surface area contributed by atoms with E-state index >= 15 is 0 Å². The molecule has 2 rings (SSSR count). The molecule has 7 heteroatoms. The van der Waals surface area contributed by atoms with Gasteiger partial charge in [0.25, 0.3) is 0 Å². The maximum Gasteiger partial charge on any atom is 0.311 e. The Hall–Kier alpha value is -1.85. The monoisotopic (exact) mass is 329 g/mol. The maximum absolute atomic E-state index is 13.6. The molecule has 0 N–H and O–H groups in total. The van der Waals surface area contributed by atoms with E-state index in [4.69, 9.17) is 27.9 Å². The van der Waals surface area contributed by atoms with E-state index in [-0.39, 0.29) is 29.5 Å². The minimum absolute atomic E-state index is 0.0493. The van der Waals surface area contributed by atoms with Gasteiger partial charge in [0.15, 0.2) is 5.75 Å². The van der Waals surface area contributed by atoms with Crippen molar-refractivity contribution in [3.05, 3.63) is 68.5 Å². The predicted octanol–water partition coefficient (Wildman–Crippen LogP) is 4.71. The summed E-state index contributed by atoms with van der Waals surface area (Å²) in [5.74, 6) is -0.281. The fraction of sp³-hybridized carbons (Fsp3) is 0.143. The molecule has 0 radical (unpaired) electrons. The minimum atomic E-state index is -0.570. The van der Waals surface area contributed by atoms with Crippen LogP contribution in [0.3, 0.4) is 0 Å². The summed E-state index contributed by atoms with van der Waals surface area (Å²) in [6.07, 6.45) is 0. The zero-order chi connectivity index (χ0) is 15.4. The van der Waals surface area contributed by atoms with Crippen LogP contribution >= 0.6 is 23.2 Å². The zero-order valence-corrected chi connectivity index (χ0v) is 12.2. The third-order valence-corrected chi connectivity index (χ3v) is 3.31. The zero-order valence-electron chi connectivity index (χ0n) is 10.7. The molecule has 0 amide bonds. The highest BCUT2D eigenvalue weighted by molar-refractivity contribution is 6.30. The summed E-state index contributed by atoms with van der Waals surface area (Å²) in [5, 5.41) is 11.4. The van der Waals surface area contributed by atoms with E-state index in [1.807, 2.05) is 0 Å². The molecule has 0 fully saturated rings. The molecular formula is C14H10Cl2FNO3. The average molecular weight is 330 g/mol. The highest BCUT2D eigenvalue weighted by Crippen LogP contribution is 2.29. The molecule has 0 aromatic heterocycles. The quantitative estimate of drug-likeness (QED) is 0.453. The van der Waals surface area contributed by atoms with Gasteiger partial charge in [0.05, 0.1) is 4.92 Å². The largest absolute Gasteiger partial charge is 0.482 e. The van der Waals surface area contributed by atoms with E-state index in [2.05, 4.69) is 0 Å². The van der Waals surface area contributed by atoms with Crippen molar-refractivity contribution in [2.24, 2.45) is 0 Å². The number of alkyl halides is 1. The van der Waals surface area contributed by atoms with Crippen LogP contribution in [0.5, 0.6) is 5.75 Å². The molecule has 0 aliphatic heterocycles. The second-order valence-electron chi connectivity index (χ2n) is 4.22. The summed E-state index contributed by atoms with van der Waals surface area (Å²) < 4.78 is 18.9. The summed E-state index contributed by atoms with van der Waals surface area (Å²) in [7, 11) is 0. The number of nitro groups is 1. The lowest BCUT2D eigenvalue weighted by atomic mass is 10.2. The van der Waals surface area contributed by atoms with Gasteiger partial charge < -0.3 is 4.74 Å². The number of ether oxygens (including phenoxy) is 1. The fourth-order valence-corrected chi connectivity index (χ4v) is 2.08. The van der Waals surface area contributed by atoms with E-state index in [0.717, 1.165) is 0 Å². The van der Waals surface area contributed by atoms with E-state index in [1.165, 1.54) is 30.3 Å². The van der Waals surface area contributed by atoms with Crippen molar-refractivity contribution in [2.45, 2.75) is 12.5 Å². The molecule has 0 saturated carbocycles. The van der Waals surface area contributed by atoms with E-state index < -0.39 is 10.7 Å². The van der Waals surface area contributed by atoms with Gasteiger partial charge in [-0.15, -0.1) is 11.6 Å². The van der Waals surface area contributed by atoms with Crippen LogP contribution in [-0.2, 0) is 12.5 Å². The Balaban J connectivity index is 2.23. The molecule has 0 atom stereocenters. The van der Waals surface area contributed by atoms with Gasteiger partial charge >= 0.3 is 5.69 Å². The molecule has 0 unspecified atom stereocenters. The van der Waals surface area contributed by atoms with Crippen molar-refractivity contribution in [3.8, 4) is 5.75 Å². The van der Waals surface area contributed by atoms with Crippen molar-refractivity contribution in [1.82, 2.24) is 0 Å². The van der Waals surface area contributed by atoms with Gasteiger partial charge in [0.1, 0.15) is 12.4 Å². The van der Waals surface area contributed by atoms with Gasteiger partial charge in [0, 0.05) is 22.5 Å². The lowest BCUT2D eigenvalue weighted by molar-refractivity contribution is -0.386. The number of benzene rings is 2. The first kappa shape index (κ1) is 15.5. The molecule has 0 bridgehead atoms. The lowest BCUT2D eigenvalue weighted by Crippen LogP contribution is -2.01. The molecular weight excluding hydrogens is 320 g/mol. The van der Waals surface area contributed by atoms with Crippen molar-refractivity contribution in [1.29, 1.82) is 0 Å². The first-order valence-electron chi connectivity index (χ1n) is 5.91. The van der Waals surface area contributed by atoms with Crippen molar-refractivity contribution >= 4 is 28.9 Å². The number of hydrogen-bond acceptors (Lipinski definition) is 3. The van der Waals surface area contributed by atoms with Crippen molar-refractivity contribution < 1.29 is 14.1 Å². The number of halogens is 3. The Labute approximate surface area is 130 Å². The summed E-state index contributed by atoms with van der Waals surface area (Å²) in [6.45, 7) is -0.159. The van der Waals surface area contributed by atoms with Gasteiger partial charge in [0.2, 0.25) is 0 Å². The van der Waals surface area contributed by atoms with E-state index in [0.29, 0.717) is 10.6 Å². The minimum Gasteiger partial charge on any atom is -0.482 e. The normalized spacial score (nSPS) is 10.4. The highest BCUT2D eigenvalue weighted by atomic mass is 35.5. The highest BCUT2D eigenvalue weighted by Gasteiger charge is 2.16. The molecule has 2 aromatic carbocycles. The second kappa shape index (κ2) is 6.74. The predicted molar refractivity (Wildman–Crippen MR) is 78.4 cm³/mol. The van der Waals surface area contributed by atoms with Crippen LogP contribution < -0.4 is 4.74 Å². The van der Waals surface area contributed by atoms with Gasteiger partial charge in [-0.25, -0.2) is 4.39 Å². The molecule has 4 nitrogen and oxygen atoms in total. The Morgan fingerprint density at radius 2 is 2.00 bits per heavy atom. The SMILES string of the molecule is O=[N+]([O-])c1cc(CCl)ccc1OCc1cc(Cl)ccc1F. The van der Waals surface area contributed by atoms with Gasteiger partial charge in [-0.2, -0.15) is 0 Å². The summed E-state index contributed by atoms with van der Waals surface area (Å²) in [4.78, 5) is 10.4. The third kappa shape index (κ3) is 3.83. The fourth-order valence-electron chi connectivity index (χ4n) is 1.72. The Morgan fingerprint density at radius 1 is 1.24 bits per heavy atom. The van der Waals surface area contributed by atoms with Crippen molar-refractivity contribution in [2.75, 3.05) is 0 Å². The van der Waals surface area contributed by atoms with Crippen LogP contribution in [0.1, 0.15) is 11.1 Å². The van der Waals surface area contributed by atoms with Crippen LogP contribution in [0.2, 0.25) is 5.02 Å². The molecule has 110 valence electrons. The molecule has 0 aliphatic carbocycles. The van der Waals surface area contributed by atoms with Crippen LogP contribution in [0, 0.1) is 15.9 Å². The Morgan fingerprint density at radius 3 is 2.67 bits per heavy atom. The first-order valence-corrected chi connectivity index (χ1v) is 6.82. The summed E-state index contributed by atoms with van der Waals surface area (Å²) >= 11 is 11.4. The molecule has 0 aliphatic rings. The first-order chi connectivity index (χ1) is 10.0. The standard InChI is InChI=1S/C14H10Cl2FNO3/c15-7-9-1-4-14(13(5-9)18(19)20)21-8-10-6-11(16)2-3-12(10)17/h1-6H,7-8H2. The molecule has 2 aromatic rings. The van der Waals surface area contributed by atoms with Crippen LogP contribution in [-0.4, -0.2) is 4.92 Å². The van der Waals surface area contributed by atoms with E-state index in [9.17, 15) is 14.5 Å². The Kier molecular flexibility index (Phi) is 4.98. The topological polar surface area (TPSA) is 52.4 Å². The van der Waals surface area contributed by atoms with Gasteiger partial charge in [-0.05, 0) is 29.8 Å². The van der Waals surface area contributed by atoms with Crippen LogP contribution in [0.4, 0.5) is 10.1 Å². The molecule has 0 spiro atoms. The number of rotatable bonds is 5. The van der Waals surface area contributed by atoms with Crippen LogP contribution in [0.15, 0.2) is 36.4 Å². The number of nitrogens with zero attached hydrogens (tertiary/aromatic N) is 1. The maximum atomic E-state index is 13.6. The van der Waals surface area contributed by atoms with Crippen molar-refractivity contribution in [3.63, 3.8) is 0 Å². The summed E-state index contributed by atoms with van der Waals surface area (Å²) in [5.41, 5.74) is 0.610.